The van der Waals surface area contributed by atoms with Crippen LogP contribution in [0.25, 0.3) is 98.0 Å². The minimum atomic E-state index is 1.09. The second-order valence-electron chi connectivity index (χ2n) is 22.3. The van der Waals surface area contributed by atoms with Crippen molar-refractivity contribution in [2.24, 2.45) is 0 Å². The molecule has 0 radical (unpaired) electrons. The van der Waals surface area contributed by atoms with Gasteiger partial charge in [0.2, 0.25) is 0 Å². The molecule has 16 aromatic carbocycles. The van der Waals surface area contributed by atoms with Crippen LogP contribution >= 0.6 is 0 Å². The molecule has 3 heteroatoms. The molecule has 16 rings (SSSR count). The molecule has 0 aromatic heterocycles. The van der Waals surface area contributed by atoms with Crippen molar-refractivity contribution in [2.75, 3.05) is 14.7 Å². The van der Waals surface area contributed by atoms with Crippen molar-refractivity contribution < 1.29 is 0 Å². The van der Waals surface area contributed by atoms with E-state index in [9.17, 15) is 0 Å². The number of anilines is 9. The zero-order valence-corrected chi connectivity index (χ0v) is 47.8. The van der Waals surface area contributed by atoms with Crippen molar-refractivity contribution in [1.29, 1.82) is 0 Å². The second kappa shape index (κ2) is 21.9. The summed E-state index contributed by atoms with van der Waals surface area (Å²) in [5.41, 5.74) is 16.9. The van der Waals surface area contributed by atoms with Gasteiger partial charge < -0.3 is 14.7 Å². The fourth-order valence-electron chi connectivity index (χ4n) is 13.7. The molecule has 0 saturated carbocycles. The molecule has 3 nitrogen and oxygen atoms in total. The minimum absolute atomic E-state index is 1.09. The molecule has 0 saturated heterocycles. The van der Waals surface area contributed by atoms with Crippen molar-refractivity contribution in [3.05, 3.63) is 346 Å². The highest BCUT2D eigenvalue weighted by atomic mass is 15.2. The Morgan fingerprint density at radius 1 is 0.138 bits per heavy atom. The highest BCUT2D eigenvalue weighted by Crippen LogP contribution is 2.54. The molecule has 0 fully saturated rings. The third kappa shape index (κ3) is 8.83. The molecule has 87 heavy (non-hydrogen) atoms. The van der Waals surface area contributed by atoms with E-state index in [1.165, 1.54) is 49.0 Å². The number of rotatable bonds is 12. The molecule has 0 aliphatic carbocycles. The van der Waals surface area contributed by atoms with Crippen LogP contribution in [-0.2, 0) is 0 Å². The third-order valence-corrected chi connectivity index (χ3v) is 17.3. The van der Waals surface area contributed by atoms with Crippen LogP contribution in [0.2, 0.25) is 0 Å². The van der Waals surface area contributed by atoms with Gasteiger partial charge in [-0.15, -0.1) is 0 Å². The van der Waals surface area contributed by atoms with E-state index in [-0.39, 0.29) is 0 Å². The normalized spacial score (nSPS) is 11.4. The van der Waals surface area contributed by atoms with Gasteiger partial charge in [0.25, 0.3) is 0 Å². The molecule has 0 amide bonds. The highest BCUT2D eigenvalue weighted by molar-refractivity contribution is 6.27. The first-order chi connectivity index (χ1) is 43.2. The Labute approximate surface area is 506 Å². The van der Waals surface area contributed by atoms with E-state index in [2.05, 4.69) is 360 Å². The summed E-state index contributed by atoms with van der Waals surface area (Å²) in [7, 11) is 0. The van der Waals surface area contributed by atoms with Gasteiger partial charge in [0.15, 0.2) is 0 Å². The number of para-hydroxylation sites is 6. The van der Waals surface area contributed by atoms with Gasteiger partial charge >= 0.3 is 0 Å². The fourth-order valence-corrected chi connectivity index (χ4v) is 13.7. The van der Waals surface area contributed by atoms with Crippen LogP contribution in [0.1, 0.15) is 0 Å². The summed E-state index contributed by atoms with van der Waals surface area (Å²) in [4.78, 5) is 7.33. The summed E-state index contributed by atoms with van der Waals surface area (Å²) in [6, 6.07) is 127. The average Bonchev–Trinajstić information content (AvgIpc) is 0.950. The van der Waals surface area contributed by atoms with Gasteiger partial charge in [-0.1, -0.05) is 255 Å². The van der Waals surface area contributed by atoms with Gasteiger partial charge in [-0.3, -0.25) is 0 Å². The number of hydrogen-bond donors (Lipinski definition) is 0. The van der Waals surface area contributed by atoms with E-state index in [0.29, 0.717) is 0 Å². The SMILES string of the molecule is c1ccc(N(c2ccccc2)c2c3ccccc3c(-c3cc(-c4c5ccccc5c(N(c5ccccc5)c5ccccc5)c5ccccc45)cc(-c4c5ccccc5c(N(c5ccccc5)c5ccccc5)c5ccccc45)c3)c3ccccc23)cc1. The predicted molar refractivity (Wildman–Crippen MR) is 372 cm³/mol. The minimum Gasteiger partial charge on any atom is -0.309 e. The van der Waals surface area contributed by atoms with Crippen LogP contribution in [0, 0.1) is 0 Å². The van der Waals surface area contributed by atoms with Crippen molar-refractivity contribution in [1.82, 2.24) is 0 Å². The van der Waals surface area contributed by atoms with E-state index in [1.54, 1.807) is 0 Å². The molecule has 0 heterocycles. The monoisotopic (exact) mass is 1110 g/mol. The molecular formula is C84H57N3. The molecular weight excluding hydrogens is 1050 g/mol. The first kappa shape index (κ1) is 51.1. The molecule has 0 N–H and O–H groups in total. The highest BCUT2D eigenvalue weighted by Gasteiger charge is 2.28. The second-order valence-corrected chi connectivity index (χ2v) is 22.3. The van der Waals surface area contributed by atoms with Crippen molar-refractivity contribution >= 4 is 116 Å². The van der Waals surface area contributed by atoms with Crippen molar-refractivity contribution in [3.8, 4) is 33.4 Å². The van der Waals surface area contributed by atoms with Crippen LogP contribution in [0.5, 0.6) is 0 Å². The van der Waals surface area contributed by atoms with Crippen LogP contribution in [0.4, 0.5) is 51.2 Å². The number of nitrogens with zero attached hydrogens (tertiary/aromatic N) is 3. The Kier molecular flexibility index (Phi) is 12.9. The van der Waals surface area contributed by atoms with E-state index in [1.807, 2.05) is 0 Å². The molecule has 16 aromatic rings. The summed E-state index contributed by atoms with van der Waals surface area (Å²) in [5.74, 6) is 0. The maximum absolute atomic E-state index is 2.49. The van der Waals surface area contributed by atoms with E-state index < -0.39 is 0 Å². The standard InChI is InChI=1S/C84H57N3/c1-7-31-61(32-8-1)85(62-33-9-2-10-34-62)82-73-49-25-19-43-67(73)79(68-44-20-26-50-74(68)82)58-55-59(80-69-45-21-27-51-75(69)83(76-52-28-22-46-70(76)80)86(63-35-11-3-12-36-63)64-37-13-4-14-38-64)57-60(56-58)81-71-47-23-29-53-77(71)84(78-54-30-24-48-72(78)81)87(65-39-15-5-16-40-65)66-41-17-6-18-42-66/h1-57H. The van der Waals surface area contributed by atoms with Crippen LogP contribution in [0.3, 0.4) is 0 Å². The van der Waals surface area contributed by atoms with Crippen LogP contribution in [0.15, 0.2) is 346 Å². The van der Waals surface area contributed by atoms with E-state index >= 15 is 0 Å². The third-order valence-electron chi connectivity index (χ3n) is 17.3. The fraction of sp³-hybridized carbons (Fsp3) is 0. The maximum Gasteiger partial charge on any atom is 0.0618 e. The first-order valence-electron chi connectivity index (χ1n) is 29.9. The van der Waals surface area contributed by atoms with E-state index in [4.69, 9.17) is 0 Å². The smallest absolute Gasteiger partial charge is 0.0618 e. The molecule has 0 aliphatic heterocycles. The summed E-state index contributed by atoms with van der Waals surface area (Å²) in [6.07, 6.45) is 0. The molecule has 408 valence electrons. The zero-order valence-electron chi connectivity index (χ0n) is 47.8. The van der Waals surface area contributed by atoms with Gasteiger partial charge in [-0.25, -0.2) is 0 Å². The Balaban J connectivity index is 1.04. The average molecular weight is 1110 g/mol. The van der Waals surface area contributed by atoms with Gasteiger partial charge in [-0.05, 0) is 157 Å². The summed E-state index contributed by atoms with van der Waals surface area (Å²) in [6.45, 7) is 0. The number of fused-ring (bicyclic) bond motifs is 6. The summed E-state index contributed by atoms with van der Waals surface area (Å²) < 4.78 is 0. The molecule has 0 atom stereocenters. The lowest BCUT2D eigenvalue weighted by Crippen LogP contribution is -2.11. The van der Waals surface area contributed by atoms with E-state index in [0.717, 1.165) is 100 Å². The Morgan fingerprint density at radius 2 is 0.276 bits per heavy atom. The predicted octanol–water partition coefficient (Wildman–Crippen LogP) is 24.0. The lowest BCUT2D eigenvalue weighted by atomic mass is 9.83. The topological polar surface area (TPSA) is 9.72 Å². The Hall–Kier alpha value is -11.5. The number of hydrogen-bond acceptors (Lipinski definition) is 3. The van der Waals surface area contributed by atoms with Crippen LogP contribution in [-0.4, -0.2) is 0 Å². The van der Waals surface area contributed by atoms with Gasteiger partial charge in [0.1, 0.15) is 0 Å². The molecule has 0 bridgehead atoms. The van der Waals surface area contributed by atoms with Gasteiger partial charge in [-0.2, -0.15) is 0 Å². The molecule has 0 spiro atoms. The van der Waals surface area contributed by atoms with Crippen LogP contribution < -0.4 is 14.7 Å². The molecule has 0 unspecified atom stereocenters. The Morgan fingerprint density at radius 3 is 0.437 bits per heavy atom. The van der Waals surface area contributed by atoms with Crippen molar-refractivity contribution in [2.45, 2.75) is 0 Å². The van der Waals surface area contributed by atoms with Gasteiger partial charge in [0.05, 0.1) is 17.1 Å². The van der Waals surface area contributed by atoms with Gasteiger partial charge in [0, 0.05) is 66.4 Å². The van der Waals surface area contributed by atoms with Crippen molar-refractivity contribution in [3.63, 3.8) is 0 Å². The maximum atomic E-state index is 2.49. The largest absolute Gasteiger partial charge is 0.309 e. The Bertz CT molecular complexity index is 4380. The molecule has 0 aliphatic rings. The first-order valence-corrected chi connectivity index (χ1v) is 29.9. The summed E-state index contributed by atoms with van der Waals surface area (Å²) in [5, 5.41) is 14.0. The quantitative estimate of drug-likeness (QED) is 0.113. The lowest BCUT2D eigenvalue weighted by molar-refractivity contribution is 1.31. The summed E-state index contributed by atoms with van der Waals surface area (Å²) >= 11 is 0. The number of benzene rings is 16. The zero-order chi connectivity index (χ0) is 57.6. The lowest BCUT2D eigenvalue weighted by Gasteiger charge is -2.30.